The summed E-state index contributed by atoms with van der Waals surface area (Å²) in [5.74, 6) is 0.141. The number of aryl methyl sites for hydroxylation is 1. The summed E-state index contributed by atoms with van der Waals surface area (Å²) < 4.78 is 0. The van der Waals surface area contributed by atoms with Crippen LogP contribution in [0.2, 0.25) is 0 Å². The Labute approximate surface area is 141 Å². The highest BCUT2D eigenvalue weighted by Crippen LogP contribution is 2.24. The number of rotatable bonds is 3. The highest BCUT2D eigenvalue weighted by atomic mass is 16.2. The Hall–Kier alpha value is -2.82. The van der Waals surface area contributed by atoms with Gasteiger partial charge in [-0.05, 0) is 50.1 Å². The van der Waals surface area contributed by atoms with Crippen LogP contribution in [-0.4, -0.2) is 18.5 Å². The van der Waals surface area contributed by atoms with Crippen molar-refractivity contribution >= 4 is 29.0 Å². The van der Waals surface area contributed by atoms with E-state index in [0.717, 1.165) is 36.3 Å². The molecule has 2 aromatic carbocycles. The summed E-state index contributed by atoms with van der Waals surface area (Å²) in [5.41, 5.74) is 3.36. The highest BCUT2D eigenvalue weighted by molar-refractivity contribution is 6.00. The van der Waals surface area contributed by atoms with Crippen molar-refractivity contribution in [1.82, 2.24) is 0 Å². The van der Waals surface area contributed by atoms with Crippen LogP contribution in [0, 0.1) is 6.92 Å². The van der Waals surface area contributed by atoms with Crippen LogP contribution >= 0.6 is 0 Å². The molecule has 5 nitrogen and oxygen atoms in total. The standard InChI is InChI=1S/C19H21N3O2/c1-14-8-10-15(11-9-14)20-19(24)21-16-5-4-6-17(13-16)22-12-3-2-7-18(22)23/h4-6,8-11,13H,2-3,7,12H2,1H3,(H2,20,21,24). The molecule has 0 bridgehead atoms. The summed E-state index contributed by atoms with van der Waals surface area (Å²) >= 11 is 0. The smallest absolute Gasteiger partial charge is 0.312 e. The molecule has 0 aromatic heterocycles. The maximum Gasteiger partial charge on any atom is 0.323 e. The fraction of sp³-hybridized carbons (Fsp3) is 0.263. The molecule has 0 atom stereocenters. The molecule has 0 unspecified atom stereocenters. The van der Waals surface area contributed by atoms with Crippen LogP contribution in [0.1, 0.15) is 24.8 Å². The van der Waals surface area contributed by atoms with Gasteiger partial charge in [0.15, 0.2) is 0 Å². The topological polar surface area (TPSA) is 61.4 Å². The summed E-state index contributed by atoms with van der Waals surface area (Å²) in [6, 6.07) is 14.7. The fourth-order valence-corrected chi connectivity index (χ4v) is 2.76. The zero-order valence-corrected chi connectivity index (χ0v) is 13.7. The monoisotopic (exact) mass is 323 g/mol. The molecule has 124 valence electrons. The van der Waals surface area contributed by atoms with Crippen molar-refractivity contribution in [3.8, 4) is 0 Å². The fourth-order valence-electron chi connectivity index (χ4n) is 2.76. The Morgan fingerprint density at radius 2 is 1.75 bits per heavy atom. The highest BCUT2D eigenvalue weighted by Gasteiger charge is 2.19. The maximum atomic E-state index is 12.1. The van der Waals surface area contributed by atoms with Crippen molar-refractivity contribution in [3.05, 3.63) is 54.1 Å². The van der Waals surface area contributed by atoms with Crippen LogP contribution in [-0.2, 0) is 4.79 Å². The average Bonchev–Trinajstić information content (AvgIpc) is 2.57. The molecule has 3 rings (SSSR count). The molecule has 1 fully saturated rings. The van der Waals surface area contributed by atoms with Crippen molar-refractivity contribution in [3.63, 3.8) is 0 Å². The first-order valence-corrected chi connectivity index (χ1v) is 8.17. The third-order valence-electron chi connectivity index (χ3n) is 4.05. The van der Waals surface area contributed by atoms with Crippen LogP contribution in [0.4, 0.5) is 21.9 Å². The number of carbonyl (C=O) groups excluding carboxylic acids is 2. The lowest BCUT2D eigenvalue weighted by Crippen LogP contribution is -2.35. The zero-order valence-electron chi connectivity index (χ0n) is 13.7. The summed E-state index contributed by atoms with van der Waals surface area (Å²) in [6.45, 7) is 2.73. The van der Waals surface area contributed by atoms with E-state index in [0.29, 0.717) is 12.1 Å². The van der Waals surface area contributed by atoms with Gasteiger partial charge in [-0.2, -0.15) is 0 Å². The number of nitrogens with one attached hydrogen (secondary N) is 2. The van der Waals surface area contributed by atoms with Crippen molar-refractivity contribution in [2.45, 2.75) is 26.2 Å². The number of amides is 3. The normalized spacial score (nSPS) is 14.4. The Balaban J connectivity index is 1.66. The first-order valence-electron chi connectivity index (χ1n) is 8.17. The molecule has 3 amide bonds. The molecule has 1 heterocycles. The van der Waals surface area contributed by atoms with E-state index in [4.69, 9.17) is 0 Å². The van der Waals surface area contributed by atoms with E-state index in [1.54, 1.807) is 4.90 Å². The van der Waals surface area contributed by atoms with Gasteiger partial charge in [0.2, 0.25) is 5.91 Å². The van der Waals surface area contributed by atoms with Crippen LogP contribution in [0.3, 0.4) is 0 Å². The predicted molar refractivity (Wildman–Crippen MR) is 96.5 cm³/mol. The van der Waals surface area contributed by atoms with E-state index in [1.807, 2.05) is 55.5 Å². The average molecular weight is 323 g/mol. The SMILES string of the molecule is Cc1ccc(NC(=O)Nc2cccc(N3CCCCC3=O)c2)cc1. The van der Waals surface area contributed by atoms with Gasteiger partial charge in [0.05, 0.1) is 0 Å². The summed E-state index contributed by atoms with van der Waals surface area (Å²) in [5, 5.41) is 5.61. The molecule has 0 aliphatic carbocycles. The molecule has 2 aromatic rings. The number of hydrogen-bond acceptors (Lipinski definition) is 2. The summed E-state index contributed by atoms with van der Waals surface area (Å²) in [6.07, 6.45) is 2.55. The van der Waals surface area contributed by atoms with Gasteiger partial charge in [0, 0.05) is 30.0 Å². The number of carbonyl (C=O) groups is 2. The van der Waals surface area contributed by atoms with Crippen LogP contribution in [0.5, 0.6) is 0 Å². The molecule has 1 aliphatic rings. The summed E-state index contributed by atoms with van der Waals surface area (Å²) in [4.78, 5) is 25.9. The van der Waals surface area contributed by atoms with Gasteiger partial charge in [-0.3, -0.25) is 4.79 Å². The molecule has 0 radical (unpaired) electrons. The quantitative estimate of drug-likeness (QED) is 0.891. The van der Waals surface area contributed by atoms with E-state index in [1.165, 1.54) is 0 Å². The number of nitrogens with zero attached hydrogens (tertiary/aromatic N) is 1. The Morgan fingerprint density at radius 3 is 2.50 bits per heavy atom. The van der Waals surface area contributed by atoms with Crippen molar-refractivity contribution < 1.29 is 9.59 Å². The molecule has 0 spiro atoms. The van der Waals surface area contributed by atoms with Gasteiger partial charge >= 0.3 is 6.03 Å². The minimum absolute atomic E-state index is 0.141. The largest absolute Gasteiger partial charge is 0.323 e. The molecule has 1 aliphatic heterocycles. The van der Waals surface area contributed by atoms with Gasteiger partial charge in [-0.1, -0.05) is 23.8 Å². The molecule has 1 saturated heterocycles. The van der Waals surface area contributed by atoms with Gasteiger partial charge in [0.1, 0.15) is 0 Å². The van der Waals surface area contributed by atoms with Gasteiger partial charge in [-0.25, -0.2) is 4.79 Å². The molecule has 5 heteroatoms. The van der Waals surface area contributed by atoms with Gasteiger partial charge in [0.25, 0.3) is 0 Å². The minimum Gasteiger partial charge on any atom is -0.312 e. The van der Waals surface area contributed by atoms with E-state index < -0.39 is 0 Å². The number of piperidine rings is 1. The first kappa shape index (κ1) is 16.1. The second-order valence-corrected chi connectivity index (χ2v) is 6.00. The molecule has 24 heavy (non-hydrogen) atoms. The third-order valence-corrected chi connectivity index (χ3v) is 4.05. The van der Waals surface area contributed by atoms with Gasteiger partial charge < -0.3 is 15.5 Å². The van der Waals surface area contributed by atoms with E-state index >= 15 is 0 Å². The first-order chi connectivity index (χ1) is 11.6. The van der Waals surface area contributed by atoms with Crippen molar-refractivity contribution in [1.29, 1.82) is 0 Å². The van der Waals surface area contributed by atoms with Crippen LogP contribution in [0.25, 0.3) is 0 Å². The van der Waals surface area contributed by atoms with E-state index in [9.17, 15) is 9.59 Å². The van der Waals surface area contributed by atoms with Crippen LogP contribution in [0.15, 0.2) is 48.5 Å². The van der Waals surface area contributed by atoms with Gasteiger partial charge in [-0.15, -0.1) is 0 Å². The predicted octanol–water partition coefficient (Wildman–Crippen LogP) is 4.16. The van der Waals surface area contributed by atoms with E-state index in [2.05, 4.69) is 10.6 Å². The Kier molecular flexibility index (Phi) is 4.79. The number of urea groups is 1. The molecular formula is C19H21N3O2. The van der Waals surface area contributed by atoms with Crippen molar-refractivity contribution in [2.75, 3.05) is 22.1 Å². The lowest BCUT2D eigenvalue weighted by molar-refractivity contribution is -0.119. The zero-order chi connectivity index (χ0) is 16.9. The molecule has 0 saturated carbocycles. The van der Waals surface area contributed by atoms with E-state index in [-0.39, 0.29) is 11.9 Å². The second-order valence-electron chi connectivity index (χ2n) is 6.00. The van der Waals surface area contributed by atoms with Crippen molar-refractivity contribution in [2.24, 2.45) is 0 Å². The number of hydrogen-bond donors (Lipinski definition) is 2. The Morgan fingerprint density at radius 1 is 1.00 bits per heavy atom. The minimum atomic E-state index is -0.305. The molecule has 2 N–H and O–H groups in total. The van der Waals surface area contributed by atoms with Crippen LogP contribution < -0.4 is 15.5 Å². The Bertz CT molecular complexity index is 741. The number of benzene rings is 2. The summed E-state index contributed by atoms with van der Waals surface area (Å²) in [7, 11) is 0. The second kappa shape index (κ2) is 7.17. The third kappa shape index (κ3) is 3.93. The molecular weight excluding hydrogens is 302 g/mol. The lowest BCUT2D eigenvalue weighted by Gasteiger charge is -2.27. The maximum absolute atomic E-state index is 12.1. The lowest BCUT2D eigenvalue weighted by atomic mass is 10.1. The number of anilines is 3.